The molecule has 1 aromatic heterocycles. The molecule has 0 bridgehead atoms. The van der Waals surface area contributed by atoms with E-state index >= 15 is 0 Å². The molecule has 0 aliphatic heterocycles. The molecule has 0 fully saturated rings. The van der Waals surface area contributed by atoms with Gasteiger partial charge < -0.3 is 0 Å². The molecule has 0 radical (unpaired) electrons. The fourth-order valence-electron chi connectivity index (χ4n) is 0.393. The van der Waals surface area contributed by atoms with Gasteiger partial charge >= 0.3 is 0 Å². The van der Waals surface area contributed by atoms with Crippen molar-refractivity contribution in [1.29, 1.82) is 0 Å². The van der Waals surface area contributed by atoms with Crippen molar-refractivity contribution in [3.05, 3.63) is 6.20 Å². The Hall–Kier alpha value is -0.210. The first-order valence-electron chi connectivity index (χ1n) is 2.48. The maximum Gasteiger partial charge on any atom is 0.243 e. The molecule has 11 heavy (non-hydrogen) atoms. The average molecular weight is 258 g/mol. The van der Waals surface area contributed by atoms with Crippen LogP contribution in [-0.2, 0) is 10.0 Å². The van der Waals surface area contributed by atoms with E-state index in [-0.39, 0.29) is 4.66 Å². The number of nitrogens with one attached hydrogen (secondary N) is 1. The lowest BCUT2D eigenvalue weighted by Gasteiger charge is -1.98. The number of hydrogen-bond acceptors (Lipinski definition) is 5. The van der Waals surface area contributed by atoms with Crippen LogP contribution < -0.4 is 4.72 Å². The van der Waals surface area contributed by atoms with Gasteiger partial charge in [0, 0.05) is 11.5 Å². The summed E-state index contributed by atoms with van der Waals surface area (Å²) >= 11 is 3.82. The second kappa shape index (κ2) is 3.46. The van der Waals surface area contributed by atoms with Gasteiger partial charge in [0.05, 0.1) is 6.20 Å². The van der Waals surface area contributed by atoms with Crippen LogP contribution in [0.4, 0.5) is 5.00 Å². The van der Waals surface area contributed by atoms with Crippen LogP contribution in [0.15, 0.2) is 6.20 Å². The molecule has 0 aliphatic carbocycles. The first kappa shape index (κ1) is 8.88. The van der Waals surface area contributed by atoms with Gasteiger partial charge in [-0.1, -0.05) is 20.4 Å². The molecule has 0 aromatic carbocycles. The zero-order chi connectivity index (χ0) is 8.32. The lowest BCUT2D eigenvalue weighted by atomic mass is 10.9. The second-order valence-electron chi connectivity index (χ2n) is 1.61. The molecule has 1 N–H and O–H groups in total. The third-order valence-electron chi connectivity index (χ3n) is 0.761. The summed E-state index contributed by atoms with van der Waals surface area (Å²) in [6, 6.07) is 0. The van der Waals surface area contributed by atoms with Crippen LogP contribution in [0.3, 0.4) is 0 Å². The van der Waals surface area contributed by atoms with Crippen LogP contribution in [0.2, 0.25) is 0 Å². The summed E-state index contributed by atoms with van der Waals surface area (Å²) < 4.78 is 27.3. The summed E-state index contributed by atoms with van der Waals surface area (Å²) in [6.45, 7) is 0. The summed E-state index contributed by atoms with van der Waals surface area (Å²) in [5.41, 5.74) is 0. The van der Waals surface area contributed by atoms with Gasteiger partial charge in [0.25, 0.3) is 0 Å². The predicted molar refractivity (Wildman–Crippen MR) is 46.2 cm³/mol. The smallest absolute Gasteiger partial charge is 0.243 e. The Morgan fingerprint density at radius 2 is 2.45 bits per heavy atom. The molecule has 5 nitrogen and oxygen atoms in total. The molecule has 0 spiro atoms. The fourth-order valence-corrected chi connectivity index (χ4v) is 1.96. The molecule has 0 saturated heterocycles. The summed E-state index contributed by atoms with van der Waals surface area (Å²) in [6.07, 6.45) is 1.35. The monoisotopic (exact) mass is 257 g/mol. The Kier molecular flexibility index (Phi) is 2.79. The van der Waals surface area contributed by atoms with Gasteiger partial charge in [0.1, 0.15) is 9.66 Å². The summed E-state index contributed by atoms with van der Waals surface area (Å²) in [7, 11) is -3.25. The van der Waals surface area contributed by atoms with Crippen LogP contribution in [0.5, 0.6) is 0 Å². The molecule has 8 heteroatoms. The fraction of sp³-hybridized carbons (Fsp3) is 0.333. The van der Waals surface area contributed by atoms with E-state index in [0.29, 0.717) is 5.00 Å². The lowest BCUT2D eigenvalue weighted by molar-refractivity contribution is 0.606. The van der Waals surface area contributed by atoms with Gasteiger partial charge in [-0.25, -0.2) is 8.42 Å². The Balaban J connectivity index is 2.72. The molecule has 0 amide bonds. The van der Waals surface area contributed by atoms with Crippen molar-refractivity contribution < 1.29 is 8.42 Å². The highest BCUT2D eigenvalue weighted by atomic mass is 79.9. The third-order valence-corrected chi connectivity index (χ3v) is 4.10. The van der Waals surface area contributed by atoms with E-state index in [9.17, 15) is 8.42 Å². The van der Waals surface area contributed by atoms with E-state index < -0.39 is 10.0 Å². The van der Waals surface area contributed by atoms with Gasteiger partial charge in [0.15, 0.2) is 0 Å². The van der Waals surface area contributed by atoms with E-state index in [1.54, 1.807) is 0 Å². The maximum absolute atomic E-state index is 10.9. The summed E-state index contributed by atoms with van der Waals surface area (Å²) in [5.74, 6) is 0. The van der Waals surface area contributed by atoms with Gasteiger partial charge in [-0.05, 0) is 0 Å². The lowest BCUT2D eigenvalue weighted by Crippen LogP contribution is -2.11. The first-order chi connectivity index (χ1) is 5.14. The zero-order valence-corrected chi connectivity index (χ0v) is 8.41. The molecular weight excluding hydrogens is 254 g/mol. The van der Waals surface area contributed by atoms with Crippen molar-refractivity contribution in [2.45, 2.75) is 0 Å². The van der Waals surface area contributed by atoms with E-state index in [2.05, 4.69) is 30.2 Å². The molecule has 0 saturated carbocycles. The molecule has 1 heterocycles. The van der Waals surface area contributed by atoms with Crippen molar-refractivity contribution in [2.24, 2.45) is 0 Å². The molecule has 0 unspecified atom stereocenters. The largest absolute Gasteiger partial charge is 0.271 e. The quantitative estimate of drug-likeness (QED) is 0.807. The number of rotatable bonds is 3. The second-order valence-corrected chi connectivity index (χ2v) is 5.42. The minimum atomic E-state index is -3.25. The van der Waals surface area contributed by atoms with Gasteiger partial charge in [-0.3, -0.25) is 4.72 Å². The van der Waals surface area contributed by atoms with E-state index in [4.69, 9.17) is 0 Å². The third kappa shape index (κ3) is 2.72. The number of halogens is 1. The van der Waals surface area contributed by atoms with E-state index in [1.807, 2.05) is 0 Å². The van der Waals surface area contributed by atoms with Crippen LogP contribution in [0.1, 0.15) is 0 Å². The summed E-state index contributed by atoms with van der Waals surface area (Å²) in [4.78, 5) is 0. The van der Waals surface area contributed by atoms with Crippen molar-refractivity contribution in [3.8, 4) is 0 Å². The Morgan fingerprint density at radius 1 is 1.73 bits per heavy atom. The van der Waals surface area contributed by atoms with Crippen LogP contribution in [0.25, 0.3) is 0 Å². The number of hydrogen-bond donors (Lipinski definition) is 1. The normalized spacial score (nSPS) is 11.4. The first-order valence-corrected chi connectivity index (χ1v) is 6.02. The highest BCUT2D eigenvalue weighted by molar-refractivity contribution is 9.10. The molecule has 0 atom stereocenters. The maximum atomic E-state index is 10.9. The van der Waals surface area contributed by atoms with Crippen molar-refractivity contribution >= 4 is 42.5 Å². The van der Waals surface area contributed by atoms with Crippen molar-refractivity contribution in [3.63, 3.8) is 0 Å². The van der Waals surface area contributed by atoms with Gasteiger partial charge in [-0.15, -0.1) is 5.10 Å². The Labute approximate surface area is 76.2 Å². The number of sulfonamides is 1. The number of aromatic nitrogens is 2. The topological polar surface area (TPSA) is 72.0 Å². The highest BCUT2D eigenvalue weighted by Gasteiger charge is 2.08. The van der Waals surface area contributed by atoms with Crippen LogP contribution in [-0.4, -0.2) is 22.7 Å². The molecule has 0 aliphatic rings. The molecule has 62 valence electrons. The summed E-state index contributed by atoms with van der Waals surface area (Å²) in [5, 5.41) is 3.89. The van der Waals surface area contributed by atoms with Crippen LogP contribution >= 0.6 is 27.5 Å². The standard InChI is InChI=1S/C3H4BrN3O2S2/c4-2-11(8,9)6-3-1-5-7-10-3/h1,6H,2H2. The molecule has 1 aromatic rings. The highest BCUT2D eigenvalue weighted by Crippen LogP contribution is 2.11. The van der Waals surface area contributed by atoms with Crippen molar-refractivity contribution in [1.82, 2.24) is 9.59 Å². The number of alkyl halides is 1. The molecular formula is C3H4BrN3O2S2. The van der Waals surface area contributed by atoms with Gasteiger partial charge in [0.2, 0.25) is 10.0 Å². The van der Waals surface area contributed by atoms with Crippen molar-refractivity contribution in [2.75, 3.05) is 9.38 Å². The minimum absolute atomic E-state index is 0.127. The van der Waals surface area contributed by atoms with E-state index in [0.717, 1.165) is 11.5 Å². The van der Waals surface area contributed by atoms with Gasteiger partial charge in [-0.2, -0.15) is 0 Å². The molecule has 1 rings (SSSR count). The Morgan fingerprint density at radius 3 is 2.91 bits per heavy atom. The SMILES string of the molecule is O=S(=O)(CBr)Nc1cnns1. The predicted octanol–water partition coefficient (Wildman–Crippen LogP) is 0.632. The Bertz CT molecular complexity index is 307. The minimum Gasteiger partial charge on any atom is -0.271 e. The average Bonchev–Trinajstić information content (AvgIpc) is 2.39. The number of anilines is 1. The zero-order valence-electron chi connectivity index (χ0n) is 5.19. The van der Waals surface area contributed by atoms with E-state index in [1.165, 1.54) is 6.20 Å². The number of nitrogens with zero attached hydrogens (tertiary/aromatic N) is 2. The van der Waals surface area contributed by atoms with Crippen LogP contribution in [0, 0.1) is 0 Å².